The summed E-state index contributed by atoms with van der Waals surface area (Å²) in [5, 5.41) is 0.676. The summed E-state index contributed by atoms with van der Waals surface area (Å²) in [5.41, 5.74) is 2.47. The Labute approximate surface area is 111 Å². The number of para-hydroxylation sites is 1. The highest BCUT2D eigenvalue weighted by Crippen LogP contribution is 2.27. The van der Waals surface area contributed by atoms with Crippen LogP contribution in [0.5, 0.6) is 5.75 Å². The minimum atomic E-state index is 0.536. The van der Waals surface area contributed by atoms with E-state index in [9.17, 15) is 0 Å². The number of aromatic amines is 1. The van der Waals surface area contributed by atoms with Gasteiger partial charge >= 0.3 is 0 Å². The molecule has 0 saturated carbocycles. The van der Waals surface area contributed by atoms with Crippen molar-refractivity contribution in [2.24, 2.45) is 5.92 Å². The van der Waals surface area contributed by atoms with Gasteiger partial charge < -0.3 is 9.72 Å². The predicted octanol–water partition coefficient (Wildman–Crippen LogP) is 3.25. The van der Waals surface area contributed by atoms with E-state index in [1.165, 1.54) is 11.4 Å². The maximum atomic E-state index is 6.06. The lowest BCUT2D eigenvalue weighted by molar-refractivity contribution is 0.233. The first-order valence-electron chi connectivity index (χ1n) is 6.21. The Morgan fingerprint density at radius 3 is 3.17 bits per heavy atom. The molecule has 18 heavy (non-hydrogen) atoms. The number of nitrogens with one attached hydrogen (secondary N) is 1. The molecule has 1 atom stereocenters. The second kappa shape index (κ2) is 5.02. The fourth-order valence-electron chi connectivity index (χ4n) is 2.38. The summed E-state index contributed by atoms with van der Waals surface area (Å²) < 4.78 is 5.80. The summed E-state index contributed by atoms with van der Waals surface area (Å²) in [6, 6.07) is 7.61. The van der Waals surface area contributed by atoms with Crippen LogP contribution in [0.2, 0.25) is 5.02 Å². The Balaban J connectivity index is 1.61. The molecule has 4 heteroatoms. The lowest BCUT2D eigenvalue weighted by Crippen LogP contribution is -2.20. The van der Waals surface area contributed by atoms with Gasteiger partial charge in [0.2, 0.25) is 0 Å². The largest absolute Gasteiger partial charge is 0.492 e. The number of rotatable bonds is 3. The zero-order valence-electron chi connectivity index (χ0n) is 10.0. The molecule has 0 bridgehead atoms. The lowest BCUT2D eigenvalue weighted by atomic mass is 9.90. The molecule has 0 amide bonds. The summed E-state index contributed by atoms with van der Waals surface area (Å²) in [5.74, 6) is 1.31. The fraction of sp³-hybridized carbons (Fsp3) is 0.357. The quantitative estimate of drug-likeness (QED) is 0.922. The van der Waals surface area contributed by atoms with E-state index in [-0.39, 0.29) is 0 Å². The van der Waals surface area contributed by atoms with E-state index in [2.05, 4.69) is 9.97 Å². The minimum Gasteiger partial charge on any atom is -0.492 e. The molecule has 94 valence electrons. The van der Waals surface area contributed by atoms with E-state index in [1.54, 1.807) is 6.33 Å². The third kappa shape index (κ3) is 2.36. The van der Waals surface area contributed by atoms with Gasteiger partial charge in [-0.2, -0.15) is 0 Å². The number of hydrogen-bond acceptors (Lipinski definition) is 2. The molecule has 1 aromatic carbocycles. The first-order valence-corrected chi connectivity index (χ1v) is 6.59. The summed E-state index contributed by atoms with van der Waals surface area (Å²) in [6.07, 6.45) is 4.96. The molecule has 2 aromatic rings. The van der Waals surface area contributed by atoms with Crippen LogP contribution in [0.3, 0.4) is 0 Å². The molecular formula is C14H15ClN2O. The number of nitrogens with zero attached hydrogens (tertiary/aromatic N) is 1. The lowest BCUT2D eigenvalue weighted by Gasteiger charge is -2.21. The number of H-pyrrole nitrogens is 1. The molecule has 0 fully saturated rings. The Kier molecular flexibility index (Phi) is 3.24. The topological polar surface area (TPSA) is 37.9 Å². The summed E-state index contributed by atoms with van der Waals surface area (Å²) in [4.78, 5) is 7.51. The van der Waals surface area contributed by atoms with Crippen molar-refractivity contribution >= 4 is 11.6 Å². The zero-order valence-corrected chi connectivity index (χ0v) is 10.8. The molecule has 1 unspecified atom stereocenters. The van der Waals surface area contributed by atoms with Crippen LogP contribution in [0, 0.1) is 5.92 Å². The molecule has 1 aromatic heterocycles. The molecule has 0 saturated heterocycles. The average Bonchev–Trinajstić information content (AvgIpc) is 2.85. The van der Waals surface area contributed by atoms with Crippen LogP contribution in [-0.2, 0) is 12.8 Å². The van der Waals surface area contributed by atoms with E-state index >= 15 is 0 Å². The molecule has 1 aliphatic carbocycles. The standard InChI is InChI=1S/C14H15ClN2O/c15-11-3-1-2-4-14(11)18-8-10-5-6-12-13(7-10)17-9-16-12/h1-4,9-10H,5-8H2,(H,16,17). The van der Waals surface area contributed by atoms with Gasteiger partial charge in [0.05, 0.1) is 23.7 Å². The number of hydrogen-bond donors (Lipinski definition) is 1. The van der Waals surface area contributed by atoms with Crippen LogP contribution in [0.4, 0.5) is 0 Å². The van der Waals surface area contributed by atoms with Crippen LogP contribution in [0.25, 0.3) is 0 Å². The van der Waals surface area contributed by atoms with Crippen molar-refractivity contribution in [1.29, 1.82) is 0 Å². The second-order valence-corrected chi connectivity index (χ2v) is 5.09. The third-order valence-corrected chi connectivity index (χ3v) is 3.71. The number of halogens is 1. The highest BCUT2D eigenvalue weighted by atomic mass is 35.5. The van der Waals surface area contributed by atoms with E-state index in [0.717, 1.165) is 25.0 Å². The summed E-state index contributed by atoms with van der Waals surface area (Å²) in [7, 11) is 0. The Bertz CT molecular complexity index is 538. The molecule has 0 aliphatic heterocycles. The Morgan fingerprint density at radius 1 is 1.39 bits per heavy atom. The molecule has 0 spiro atoms. The highest BCUT2D eigenvalue weighted by molar-refractivity contribution is 6.32. The van der Waals surface area contributed by atoms with Gasteiger partial charge in [0.15, 0.2) is 0 Å². The molecule has 1 heterocycles. The minimum absolute atomic E-state index is 0.536. The Hall–Kier alpha value is -1.48. The van der Waals surface area contributed by atoms with Crippen LogP contribution in [0.15, 0.2) is 30.6 Å². The third-order valence-electron chi connectivity index (χ3n) is 3.40. The molecular weight excluding hydrogens is 248 g/mol. The average molecular weight is 263 g/mol. The first-order chi connectivity index (χ1) is 8.83. The van der Waals surface area contributed by atoms with Gasteiger partial charge in [-0.05, 0) is 37.3 Å². The monoisotopic (exact) mass is 262 g/mol. The van der Waals surface area contributed by atoms with Crippen LogP contribution < -0.4 is 4.74 Å². The maximum Gasteiger partial charge on any atom is 0.137 e. The van der Waals surface area contributed by atoms with Crippen molar-refractivity contribution in [3.63, 3.8) is 0 Å². The highest BCUT2D eigenvalue weighted by Gasteiger charge is 2.21. The van der Waals surface area contributed by atoms with Gasteiger partial charge in [-0.1, -0.05) is 23.7 Å². The number of ether oxygens (including phenoxy) is 1. The van der Waals surface area contributed by atoms with Crippen molar-refractivity contribution in [2.75, 3.05) is 6.61 Å². The molecule has 1 N–H and O–H groups in total. The first kappa shape index (κ1) is 11.6. The number of aromatic nitrogens is 2. The van der Waals surface area contributed by atoms with Crippen molar-refractivity contribution in [3.8, 4) is 5.75 Å². The normalized spacial score (nSPS) is 18.4. The number of fused-ring (bicyclic) bond motifs is 1. The van der Waals surface area contributed by atoms with Crippen LogP contribution in [0.1, 0.15) is 17.8 Å². The van der Waals surface area contributed by atoms with Gasteiger partial charge in [0, 0.05) is 5.69 Å². The fourth-order valence-corrected chi connectivity index (χ4v) is 2.58. The van der Waals surface area contributed by atoms with Gasteiger partial charge in [0.1, 0.15) is 5.75 Å². The van der Waals surface area contributed by atoms with Gasteiger partial charge in [0.25, 0.3) is 0 Å². The number of imidazole rings is 1. The van der Waals surface area contributed by atoms with Crippen molar-refractivity contribution < 1.29 is 4.74 Å². The molecule has 0 radical (unpaired) electrons. The van der Waals surface area contributed by atoms with E-state index in [4.69, 9.17) is 16.3 Å². The van der Waals surface area contributed by atoms with Gasteiger partial charge in [-0.3, -0.25) is 0 Å². The van der Waals surface area contributed by atoms with Crippen LogP contribution in [-0.4, -0.2) is 16.6 Å². The molecule has 1 aliphatic rings. The molecule has 3 rings (SSSR count). The SMILES string of the molecule is Clc1ccccc1OCC1CCc2nc[nH]c2C1. The van der Waals surface area contributed by atoms with Crippen molar-refractivity contribution in [1.82, 2.24) is 9.97 Å². The predicted molar refractivity (Wildman–Crippen MR) is 71.0 cm³/mol. The van der Waals surface area contributed by atoms with Gasteiger partial charge in [-0.25, -0.2) is 4.98 Å². The zero-order chi connectivity index (χ0) is 12.4. The number of benzene rings is 1. The van der Waals surface area contributed by atoms with E-state index < -0.39 is 0 Å². The summed E-state index contributed by atoms with van der Waals surface area (Å²) >= 11 is 6.06. The van der Waals surface area contributed by atoms with Crippen LogP contribution >= 0.6 is 11.6 Å². The van der Waals surface area contributed by atoms with E-state index in [0.29, 0.717) is 17.5 Å². The van der Waals surface area contributed by atoms with Crippen molar-refractivity contribution in [3.05, 3.63) is 47.0 Å². The van der Waals surface area contributed by atoms with Crippen molar-refractivity contribution in [2.45, 2.75) is 19.3 Å². The van der Waals surface area contributed by atoms with Gasteiger partial charge in [-0.15, -0.1) is 0 Å². The molecule has 3 nitrogen and oxygen atoms in total. The Morgan fingerprint density at radius 2 is 2.28 bits per heavy atom. The number of aryl methyl sites for hydroxylation is 1. The smallest absolute Gasteiger partial charge is 0.137 e. The maximum absolute atomic E-state index is 6.06. The van der Waals surface area contributed by atoms with E-state index in [1.807, 2.05) is 24.3 Å². The second-order valence-electron chi connectivity index (χ2n) is 4.68. The summed E-state index contributed by atoms with van der Waals surface area (Å²) in [6.45, 7) is 0.711.